The first-order valence-electron chi connectivity index (χ1n) is 9.50. The van der Waals surface area contributed by atoms with Gasteiger partial charge in [0.25, 0.3) is 0 Å². The zero-order valence-electron chi connectivity index (χ0n) is 16.7. The second-order valence-electron chi connectivity index (χ2n) is 6.83. The maximum Gasteiger partial charge on any atom is 0.217 e. The van der Waals surface area contributed by atoms with E-state index in [1.807, 2.05) is 12.1 Å². The second kappa shape index (κ2) is 9.28. The zero-order chi connectivity index (χ0) is 20.9. The summed E-state index contributed by atoms with van der Waals surface area (Å²) < 4.78 is 37.4. The molecule has 0 unspecified atom stereocenters. The Labute approximate surface area is 171 Å². The predicted octanol–water partition coefficient (Wildman–Crippen LogP) is 2.43. The SMILES string of the molecule is COc1ccc(OCCS(=O)(=O)N2CCN(c3ccc(C(C)=O)cc3)CC2)cc1. The third kappa shape index (κ3) is 5.48. The molecule has 0 aromatic heterocycles. The smallest absolute Gasteiger partial charge is 0.217 e. The van der Waals surface area contributed by atoms with E-state index in [1.54, 1.807) is 43.5 Å². The van der Waals surface area contributed by atoms with Crippen molar-refractivity contribution in [3.05, 3.63) is 54.1 Å². The lowest BCUT2D eigenvalue weighted by Gasteiger charge is -2.35. The highest BCUT2D eigenvalue weighted by Gasteiger charge is 2.27. The van der Waals surface area contributed by atoms with Crippen LogP contribution >= 0.6 is 0 Å². The Balaban J connectivity index is 1.49. The number of ketones is 1. The average molecular weight is 419 g/mol. The minimum absolute atomic E-state index is 0.0318. The summed E-state index contributed by atoms with van der Waals surface area (Å²) in [4.78, 5) is 13.5. The van der Waals surface area contributed by atoms with Crippen molar-refractivity contribution in [2.45, 2.75) is 6.92 Å². The van der Waals surface area contributed by atoms with Crippen LogP contribution in [0.2, 0.25) is 0 Å². The first-order chi connectivity index (χ1) is 13.9. The molecule has 0 saturated carbocycles. The first-order valence-corrected chi connectivity index (χ1v) is 11.1. The largest absolute Gasteiger partial charge is 0.497 e. The fourth-order valence-electron chi connectivity index (χ4n) is 3.20. The molecule has 1 aliphatic heterocycles. The predicted molar refractivity (Wildman–Crippen MR) is 113 cm³/mol. The summed E-state index contributed by atoms with van der Waals surface area (Å²) in [6, 6.07) is 14.5. The van der Waals surface area contributed by atoms with Gasteiger partial charge in [-0.1, -0.05) is 0 Å². The lowest BCUT2D eigenvalue weighted by molar-refractivity contribution is 0.101. The number of anilines is 1. The summed E-state index contributed by atoms with van der Waals surface area (Å²) in [5, 5.41) is 0. The highest BCUT2D eigenvalue weighted by atomic mass is 32.2. The summed E-state index contributed by atoms with van der Waals surface area (Å²) in [6.07, 6.45) is 0. The van der Waals surface area contributed by atoms with Crippen molar-refractivity contribution in [3.63, 3.8) is 0 Å². The van der Waals surface area contributed by atoms with Crippen LogP contribution in [0.3, 0.4) is 0 Å². The number of hydrogen-bond donors (Lipinski definition) is 0. The van der Waals surface area contributed by atoms with Gasteiger partial charge in [0.15, 0.2) is 5.78 Å². The third-order valence-electron chi connectivity index (χ3n) is 4.94. The quantitative estimate of drug-likeness (QED) is 0.613. The number of sulfonamides is 1. The van der Waals surface area contributed by atoms with Crippen molar-refractivity contribution in [2.75, 3.05) is 50.5 Å². The molecule has 0 atom stereocenters. The Hall–Kier alpha value is -2.58. The van der Waals surface area contributed by atoms with Crippen LogP contribution in [0.25, 0.3) is 0 Å². The molecule has 2 aromatic carbocycles. The van der Waals surface area contributed by atoms with E-state index in [1.165, 1.54) is 11.2 Å². The van der Waals surface area contributed by atoms with E-state index in [0.717, 1.165) is 11.4 Å². The van der Waals surface area contributed by atoms with Gasteiger partial charge in [0.2, 0.25) is 10.0 Å². The molecule has 7 nitrogen and oxygen atoms in total. The number of piperazine rings is 1. The Morgan fingerprint density at radius 2 is 1.52 bits per heavy atom. The standard InChI is InChI=1S/C21H26N2O5S/c1-17(24)18-3-5-19(6-4-18)22-11-13-23(14-12-22)29(25,26)16-15-28-21-9-7-20(27-2)8-10-21/h3-10H,11-16H2,1-2H3. The number of methoxy groups -OCH3 is 1. The highest BCUT2D eigenvalue weighted by molar-refractivity contribution is 7.89. The van der Waals surface area contributed by atoms with E-state index in [9.17, 15) is 13.2 Å². The summed E-state index contributed by atoms with van der Waals surface area (Å²) in [6.45, 7) is 3.72. The molecule has 0 amide bonds. The van der Waals surface area contributed by atoms with Crippen LogP contribution in [0.15, 0.2) is 48.5 Å². The minimum atomic E-state index is -3.38. The maximum absolute atomic E-state index is 12.6. The van der Waals surface area contributed by atoms with Gasteiger partial charge in [0.05, 0.1) is 12.9 Å². The molecule has 1 heterocycles. The van der Waals surface area contributed by atoms with E-state index >= 15 is 0 Å². The van der Waals surface area contributed by atoms with Gasteiger partial charge in [0, 0.05) is 37.4 Å². The number of benzene rings is 2. The van der Waals surface area contributed by atoms with Crippen LogP contribution in [0, 0.1) is 0 Å². The van der Waals surface area contributed by atoms with Gasteiger partial charge in [-0.25, -0.2) is 8.42 Å². The Kier molecular flexibility index (Phi) is 6.76. The number of ether oxygens (including phenoxy) is 2. The van der Waals surface area contributed by atoms with Crippen LogP contribution in [0.1, 0.15) is 17.3 Å². The lowest BCUT2D eigenvalue weighted by atomic mass is 10.1. The number of nitrogens with zero attached hydrogens (tertiary/aromatic N) is 2. The first kappa shape index (κ1) is 21.1. The van der Waals surface area contributed by atoms with Crippen LogP contribution < -0.4 is 14.4 Å². The van der Waals surface area contributed by atoms with E-state index < -0.39 is 10.0 Å². The van der Waals surface area contributed by atoms with E-state index in [2.05, 4.69) is 4.90 Å². The fourth-order valence-corrected chi connectivity index (χ4v) is 4.47. The number of carbonyl (C=O) groups is 1. The van der Waals surface area contributed by atoms with Crippen molar-refractivity contribution in [1.29, 1.82) is 0 Å². The Morgan fingerprint density at radius 3 is 2.07 bits per heavy atom. The number of hydrogen-bond acceptors (Lipinski definition) is 6. The molecule has 1 aliphatic rings. The summed E-state index contributed by atoms with van der Waals surface area (Å²) >= 11 is 0. The summed E-state index contributed by atoms with van der Waals surface area (Å²) in [5.41, 5.74) is 1.67. The zero-order valence-corrected chi connectivity index (χ0v) is 17.5. The third-order valence-corrected chi connectivity index (χ3v) is 6.77. The van der Waals surface area contributed by atoms with Crippen LogP contribution in [-0.2, 0) is 10.0 Å². The Bertz CT molecular complexity index is 919. The molecule has 0 radical (unpaired) electrons. The van der Waals surface area contributed by atoms with Gasteiger partial charge in [-0.05, 0) is 55.5 Å². The molecule has 0 bridgehead atoms. The molecule has 8 heteroatoms. The molecule has 29 heavy (non-hydrogen) atoms. The number of Topliss-reactive ketones (excluding diaryl/α,β-unsaturated/α-hetero) is 1. The summed E-state index contributed by atoms with van der Waals surface area (Å²) in [5.74, 6) is 1.30. The van der Waals surface area contributed by atoms with Gasteiger partial charge in [-0.15, -0.1) is 0 Å². The molecule has 1 saturated heterocycles. The molecule has 0 aliphatic carbocycles. The van der Waals surface area contributed by atoms with Gasteiger partial charge in [0.1, 0.15) is 18.1 Å². The molecule has 2 aromatic rings. The molecule has 3 rings (SSSR count). The van der Waals surface area contributed by atoms with Gasteiger partial charge in [-0.2, -0.15) is 4.31 Å². The van der Waals surface area contributed by atoms with Crippen molar-refractivity contribution in [3.8, 4) is 11.5 Å². The normalized spacial score (nSPS) is 15.2. The van der Waals surface area contributed by atoms with Crippen molar-refractivity contribution < 1.29 is 22.7 Å². The van der Waals surface area contributed by atoms with E-state index in [4.69, 9.17) is 9.47 Å². The highest BCUT2D eigenvalue weighted by Crippen LogP contribution is 2.20. The molecule has 156 valence electrons. The van der Waals surface area contributed by atoms with Gasteiger partial charge >= 0.3 is 0 Å². The van der Waals surface area contributed by atoms with E-state index in [-0.39, 0.29) is 18.1 Å². The van der Waals surface area contributed by atoms with Crippen LogP contribution in [0.4, 0.5) is 5.69 Å². The van der Waals surface area contributed by atoms with Crippen LogP contribution in [-0.4, -0.2) is 64.2 Å². The topological polar surface area (TPSA) is 76.2 Å². The minimum Gasteiger partial charge on any atom is -0.497 e. The molecular weight excluding hydrogens is 392 g/mol. The van der Waals surface area contributed by atoms with Crippen LogP contribution in [0.5, 0.6) is 11.5 Å². The fraction of sp³-hybridized carbons (Fsp3) is 0.381. The summed E-state index contributed by atoms with van der Waals surface area (Å²) in [7, 11) is -1.79. The molecular formula is C21H26N2O5S. The van der Waals surface area contributed by atoms with Crippen molar-refractivity contribution in [2.24, 2.45) is 0 Å². The molecule has 0 spiro atoms. The number of carbonyl (C=O) groups excluding carboxylic acids is 1. The average Bonchev–Trinajstić information content (AvgIpc) is 2.74. The Morgan fingerprint density at radius 1 is 0.931 bits per heavy atom. The maximum atomic E-state index is 12.6. The second-order valence-corrected chi connectivity index (χ2v) is 8.92. The lowest BCUT2D eigenvalue weighted by Crippen LogP contribution is -2.49. The monoisotopic (exact) mass is 418 g/mol. The number of rotatable bonds is 8. The molecule has 1 fully saturated rings. The van der Waals surface area contributed by atoms with Crippen molar-refractivity contribution in [1.82, 2.24) is 4.31 Å². The van der Waals surface area contributed by atoms with Gasteiger partial charge in [-0.3, -0.25) is 4.79 Å². The van der Waals surface area contributed by atoms with E-state index in [0.29, 0.717) is 37.5 Å². The van der Waals surface area contributed by atoms with Crippen molar-refractivity contribution >= 4 is 21.5 Å². The molecule has 0 N–H and O–H groups in total. The van der Waals surface area contributed by atoms with Gasteiger partial charge < -0.3 is 14.4 Å².